The molecule has 0 fully saturated rings. The number of rotatable bonds is 6. The Morgan fingerprint density at radius 3 is 2.91 bits per heavy atom. The van der Waals surface area contributed by atoms with Crippen molar-refractivity contribution in [1.29, 1.82) is 0 Å². The van der Waals surface area contributed by atoms with Crippen LogP contribution in [-0.4, -0.2) is 34.2 Å². The van der Waals surface area contributed by atoms with Gasteiger partial charge in [-0.3, -0.25) is 14.4 Å². The topological polar surface area (TPSA) is 50.2 Å². The maximum absolute atomic E-state index is 13.1. The fraction of sp³-hybridized carbons (Fsp3) is 0.333. The van der Waals surface area contributed by atoms with Gasteiger partial charge in [0.2, 0.25) is 5.91 Å². The number of aryl methyl sites for hydroxylation is 1. The first-order chi connectivity index (χ1) is 10.5. The number of amides is 1. The number of anilines is 1. The summed E-state index contributed by atoms with van der Waals surface area (Å²) in [6.45, 7) is 3.67. The molecule has 118 valence electrons. The van der Waals surface area contributed by atoms with Gasteiger partial charge < -0.3 is 5.32 Å². The molecule has 0 bridgehead atoms. The third-order valence-corrected chi connectivity index (χ3v) is 3.37. The Kier molecular flexibility index (Phi) is 5.51. The smallest absolute Gasteiger partial charge is 0.238 e. The van der Waals surface area contributed by atoms with E-state index in [2.05, 4.69) is 10.4 Å². The number of nitrogens with one attached hydrogen (secondary N) is 1. The summed E-state index contributed by atoms with van der Waals surface area (Å²) in [7, 11) is 1.85. The highest BCUT2D eigenvalue weighted by molar-refractivity contribution is 6.31. The summed E-state index contributed by atoms with van der Waals surface area (Å²) in [5.74, 6) is -0.697. The summed E-state index contributed by atoms with van der Waals surface area (Å²) >= 11 is 5.68. The van der Waals surface area contributed by atoms with E-state index in [1.165, 1.54) is 18.2 Å². The molecule has 2 rings (SSSR count). The van der Waals surface area contributed by atoms with E-state index in [0.717, 1.165) is 12.1 Å². The predicted molar refractivity (Wildman–Crippen MR) is 84.3 cm³/mol. The zero-order valence-electron chi connectivity index (χ0n) is 12.5. The van der Waals surface area contributed by atoms with Gasteiger partial charge in [0.25, 0.3) is 0 Å². The fourth-order valence-corrected chi connectivity index (χ4v) is 2.23. The summed E-state index contributed by atoms with van der Waals surface area (Å²) in [5, 5.41) is 6.87. The van der Waals surface area contributed by atoms with Gasteiger partial charge in [-0.2, -0.15) is 5.10 Å². The lowest BCUT2D eigenvalue weighted by atomic mass is 10.3. The minimum Gasteiger partial charge on any atom is -0.325 e. The SMILES string of the molecule is CCn1cc(CN(C)CC(=O)Nc2ccc(F)c(Cl)c2)cn1. The molecule has 0 spiro atoms. The number of hydrogen-bond donors (Lipinski definition) is 1. The Morgan fingerprint density at radius 1 is 1.50 bits per heavy atom. The fourth-order valence-electron chi connectivity index (χ4n) is 2.05. The summed E-state index contributed by atoms with van der Waals surface area (Å²) in [6.07, 6.45) is 3.74. The van der Waals surface area contributed by atoms with Gasteiger partial charge in [0.05, 0.1) is 17.8 Å². The van der Waals surface area contributed by atoms with Crippen LogP contribution in [0.4, 0.5) is 10.1 Å². The Bertz CT molecular complexity index is 659. The molecule has 0 unspecified atom stereocenters. The van der Waals surface area contributed by atoms with E-state index >= 15 is 0 Å². The molecule has 2 aromatic rings. The average molecular weight is 325 g/mol. The Balaban J connectivity index is 1.86. The number of carbonyl (C=O) groups is 1. The second-order valence-electron chi connectivity index (χ2n) is 5.05. The van der Waals surface area contributed by atoms with E-state index in [1.807, 2.05) is 29.7 Å². The van der Waals surface area contributed by atoms with Crippen molar-refractivity contribution < 1.29 is 9.18 Å². The Labute approximate surface area is 133 Å². The normalized spacial score (nSPS) is 11.0. The average Bonchev–Trinajstić information content (AvgIpc) is 2.90. The Morgan fingerprint density at radius 2 is 2.27 bits per heavy atom. The molecule has 1 amide bonds. The van der Waals surface area contributed by atoms with Gasteiger partial charge in [-0.15, -0.1) is 0 Å². The molecule has 5 nitrogen and oxygen atoms in total. The van der Waals surface area contributed by atoms with Crippen LogP contribution in [0.3, 0.4) is 0 Å². The van der Waals surface area contributed by atoms with E-state index in [-0.39, 0.29) is 17.5 Å². The van der Waals surface area contributed by atoms with Crippen LogP contribution < -0.4 is 5.32 Å². The number of halogens is 2. The lowest BCUT2D eigenvalue weighted by Crippen LogP contribution is -2.29. The second kappa shape index (κ2) is 7.38. The van der Waals surface area contributed by atoms with Crippen molar-refractivity contribution in [3.05, 3.63) is 47.0 Å². The molecule has 0 radical (unpaired) electrons. The maximum Gasteiger partial charge on any atom is 0.238 e. The van der Waals surface area contributed by atoms with Crippen LogP contribution in [0.5, 0.6) is 0 Å². The molecule has 0 saturated carbocycles. The highest BCUT2D eigenvalue weighted by Gasteiger charge is 2.10. The molecule has 0 aliphatic rings. The summed E-state index contributed by atoms with van der Waals surface area (Å²) < 4.78 is 14.9. The summed E-state index contributed by atoms with van der Waals surface area (Å²) in [5.41, 5.74) is 1.52. The molecular weight excluding hydrogens is 307 g/mol. The van der Waals surface area contributed by atoms with E-state index < -0.39 is 5.82 Å². The number of nitrogens with zero attached hydrogens (tertiary/aromatic N) is 3. The maximum atomic E-state index is 13.1. The van der Waals surface area contributed by atoms with Gasteiger partial charge in [-0.1, -0.05) is 11.6 Å². The lowest BCUT2D eigenvalue weighted by Gasteiger charge is -2.15. The minimum atomic E-state index is -0.510. The first kappa shape index (κ1) is 16.5. The molecule has 0 aliphatic carbocycles. The number of benzene rings is 1. The molecule has 1 N–H and O–H groups in total. The molecule has 1 aromatic carbocycles. The van der Waals surface area contributed by atoms with E-state index in [9.17, 15) is 9.18 Å². The third kappa shape index (κ3) is 4.54. The number of aromatic nitrogens is 2. The highest BCUT2D eigenvalue weighted by Crippen LogP contribution is 2.19. The van der Waals surface area contributed by atoms with Crippen molar-refractivity contribution in [3.8, 4) is 0 Å². The van der Waals surface area contributed by atoms with Gasteiger partial charge in [0.1, 0.15) is 5.82 Å². The van der Waals surface area contributed by atoms with Crippen LogP contribution in [0.2, 0.25) is 5.02 Å². The van der Waals surface area contributed by atoms with E-state index in [0.29, 0.717) is 12.2 Å². The Hall–Kier alpha value is -1.92. The molecule has 1 aromatic heterocycles. The van der Waals surface area contributed by atoms with Gasteiger partial charge in [0, 0.05) is 30.5 Å². The van der Waals surface area contributed by atoms with E-state index in [4.69, 9.17) is 11.6 Å². The number of likely N-dealkylation sites (N-methyl/N-ethyl adjacent to an activating group) is 1. The van der Waals surface area contributed by atoms with Gasteiger partial charge >= 0.3 is 0 Å². The standard InChI is InChI=1S/C15H18ClFN4O/c1-3-21-9-11(7-18-21)8-20(2)10-15(22)19-12-4-5-14(17)13(16)6-12/h4-7,9H,3,8,10H2,1-2H3,(H,19,22). The van der Waals surface area contributed by atoms with E-state index in [1.54, 1.807) is 6.20 Å². The minimum absolute atomic E-state index is 0.0156. The van der Waals surface area contributed by atoms with Crippen molar-refractivity contribution in [2.24, 2.45) is 0 Å². The molecule has 0 aliphatic heterocycles. The van der Waals surface area contributed by atoms with Gasteiger partial charge in [-0.25, -0.2) is 4.39 Å². The summed E-state index contributed by atoms with van der Waals surface area (Å²) in [6, 6.07) is 4.09. The van der Waals surface area contributed by atoms with Crippen molar-refractivity contribution in [2.45, 2.75) is 20.0 Å². The van der Waals surface area contributed by atoms with Crippen molar-refractivity contribution >= 4 is 23.2 Å². The monoisotopic (exact) mass is 324 g/mol. The second-order valence-corrected chi connectivity index (χ2v) is 5.46. The molecule has 22 heavy (non-hydrogen) atoms. The number of hydrogen-bond acceptors (Lipinski definition) is 3. The number of carbonyl (C=O) groups excluding carboxylic acids is 1. The molecule has 0 atom stereocenters. The van der Waals surface area contributed by atoms with Crippen LogP contribution in [0.25, 0.3) is 0 Å². The first-order valence-corrected chi connectivity index (χ1v) is 7.30. The van der Waals surface area contributed by atoms with Crippen molar-refractivity contribution in [2.75, 3.05) is 18.9 Å². The predicted octanol–water partition coefficient (Wildman–Crippen LogP) is 2.77. The zero-order valence-corrected chi connectivity index (χ0v) is 13.3. The third-order valence-electron chi connectivity index (χ3n) is 3.08. The molecule has 7 heteroatoms. The molecule has 0 saturated heterocycles. The van der Waals surface area contributed by atoms with Crippen molar-refractivity contribution in [3.63, 3.8) is 0 Å². The van der Waals surface area contributed by atoms with Crippen LogP contribution in [0, 0.1) is 5.82 Å². The lowest BCUT2D eigenvalue weighted by molar-refractivity contribution is -0.117. The first-order valence-electron chi connectivity index (χ1n) is 6.92. The quantitative estimate of drug-likeness (QED) is 0.889. The van der Waals surface area contributed by atoms with Crippen molar-refractivity contribution in [1.82, 2.24) is 14.7 Å². The van der Waals surface area contributed by atoms with Crippen LogP contribution in [0.15, 0.2) is 30.6 Å². The van der Waals surface area contributed by atoms with Gasteiger partial charge in [0.15, 0.2) is 0 Å². The zero-order chi connectivity index (χ0) is 16.1. The van der Waals surface area contributed by atoms with Crippen LogP contribution >= 0.6 is 11.6 Å². The van der Waals surface area contributed by atoms with Gasteiger partial charge in [-0.05, 0) is 32.2 Å². The highest BCUT2D eigenvalue weighted by atomic mass is 35.5. The van der Waals surface area contributed by atoms with Crippen LogP contribution in [0.1, 0.15) is 12.5 Å². The largest absolute Gasteiger partial charge is 0.325 e. The van der Waals surface area contributed by atoms with Crippen LogP contribution in [-0.2, 0) is 17.9 Å². The molecular formula is C15H18ClFN4O. The summed E-state index contributed by atoms with van der Waals surface area (Å²) in [4.78, 5) is 13.8. The molecule has 1 heterocycles.